The van der Waals surface area contributed by atoms with Crippen LogP contribution >= 0.6 is 11.6 Å². The Morgan fingerprint density at radius 1 is 1.20 bits per heavy atom. The van der Waals surface area contributed by atoms with Gasteiger partial charge in [0.2, 0.25) is 0 Å². The topological polar surface area (TPSA) is 20.3 Å². The molecule has 110 valence electrons. The van der Waals surface area contributed by atoms with Crippen molar-refractivity contribution in [1.29, 1.82) is 0 Å². The molecule has 0 atom stereocenters. The number of carbonyl (C=O) groups excluding carboxylic acids is 1. The lowest BCUT2D eigenvalue weighted by Gasteiger charge is -2.23. The Morgan fingerprint density at radius 2 is 1.90 bits per heavy atom. The lowest BCUT2D eigenvalue weighted by atomic mass is 9.85. The van der Waals surface area contributed by atoms with Crippen molar-refractivity contribution in [2.24, 2.45) is 5.41 Å². The molecule has 0 N–H and O–H groups in total. The largest absolute Gasteiger partial charge is 0.303 e. The lowest BCUT2D eigenvalue weighted by Crippen LogP contribution is -2.28. The van der Waals surface area contributed by atoms with E-state index < -0.39 is 0 Å². The van der Waals surface area contributed by atoms with Crippen molar-refractivity contribution in [3.8, 4) is 0 Å². The zero-order chi connectivity index (χ0) is 14.6. The first-order valence-electron chi connectivity index (χ1n) is 7.47. The molecule has 1 saturated heterocycles. The van der Waals surface area contributed by atoms with Gasteiger partial charge in [0.05, 0.1) is 0 Å². The minimum atomic E-state index is 0.213. The second kappa shape index (κ2) is 6.73. The number of Topliss-reactive ketones (excluding diaryl/α,β-unsaturated/α-hetero) is 1. The van der Waals surface area contributed by atoms with E-state index in [9.17, 15) is 4.79 Å². The van der Waals surface area contributed by atoms with E-state index in [2.05, 4.69) is 18.7 Å². The molecule has 0 bridgehead atoms. The first kappa shape index (κ1) is 15.5. The summed E-state index contributed by atoms with van der Waals surface area (Å²) in [6.07, 6.45) is 4.35. The number of rotatable bonds is 4. The van der Waals surface area contributed by atoms with E-state index in [0.29, 0.717) is 16.9 Å². The van der Waals surface area contributed by atoms with Gasteiger partial charge >= 0.3 is 0 Å². The fraction of sp³-hybridized carbons (Fsp3) is 0.588. The van der Waals surface area contributed by atoms with Crippen LogP contribution in [-0.4, -0.2) is 30.3 Å². The summed E-state index contributed by atoms with van der Waals surface area (Å²) in [5, 5.41) is 0.677. The van der Waals surface area contributed by atoms with E-state index >= 15 is 0 Å². The molecule has 20 heavy (non-hydrogen) atoms. The molecule has 0 aliphatic carbocycles. The minimum Gasteiger partial charge on any atom is -0.303 e. The molecule has 1 aliphatic rings. The van der Waals surface area contributed by atoms with E-state index in [0.717, 1.165) is 25.2 Å². The van der Waals surface area contributed by atoms with Crippen LogP contribution in [0.25, 0.3) is 0 Å². The third-order valence-electron chi connectivity index (χ3n) is 4.25. The maximum absolute atomic E-state index is 12.1. The molecule has 2 nitrogen and oxygen atoms in total. The van der Waals surface area contributed by atoms with E-state index in [1.807, 2.05) is 12.1 Å². The fourth-order valence-corrected chi connectivity index (χ4v) is 2.87. The van der Waals surface area contributed by atoms with Gasteiger partial charge in [-0.15, -0.1) is 0 Å². The predicted octanol–water partition coefficient (Wildman–Crippen LogP) is 4.42. The van der Waals surface area contributed by atoms with Gasteiger partial charge < -0.3 is 4.90 Å². The maximum Gasteiger partial charge on any atom is 0.164 e. The Bertz CT molecular complexity index is 453. The Kier molecular flexibility index (Phi) is 5.22. The van der Waals surface area contributed by atoms with Gasteiger partial charge in [-0.2, -0.15) is 0 Å². The number of halogens is 1. The molecule has 1 aliphatic heterocycles. The quantitative estimate of drug-likeness (QED) is 0.766. The van der Waals surface area contributed by atoms with Crippen LogP contribution in [0.1, 0.15) is 49.9 Å². The van der Waals surface area contributed by atoms with Crippen molar-refractivity contribution in [1.82, 2.24) is 4.90 Å². The first-order chi connectivity index (χ1) is 9.46. The van der Waals surface area contributed by atoms with Crippen LogP contribution in [-0.2, 0) is 0 Å². The molecule has 0 amide bonds. The van der Waals surface area contributed by atoms with Crippen molar-refractivity contribution < 1.29 is 4.79 Å². The van der Waals surface area contributed by atoms with Gasteiger partial charge in [-0.05, 0) is 62.0 Å². The van der Waals surface area contributed by atoms with Crippen LogP contribution in [0.5, 0.6) is 0 Å². The summed E-state index contributed by atoms with van der Waals surface area (Å²) in [6.45, 7) is 7.79. The Morgan fingerprint density at radius 3 is 2.60 bits per heavy atom. The molecule has 1 aromatic rings. The van der Waals surface area contributed by atoms with Gasteiger partial charge in [-0.1, -0.05) is 25.4 Å². The maximum atomic E-state index is 12.1. The van der Waals surface area contributed by atoms with Gasteiger partial charge in [-0.25, -0.2) is 0 Å². The summed E-state index contributed by atoms with van der Waals surface area (Å²) in [6, 6.07) is 7.19. The summed E-state index contributed by atoms with van der Waals surface area (Å²) in [5.74, 6) is 0.213. The van der Waals surface area contributed by atoms with Gasteiger partial charge in [-0.3, -0.25) is 4.79 Å². The molecule has 1 aromatic carbocycles. The van der Waals surface area contributed by atoms with Crippen molar-refractivity contribution >= 4 is 17.4 Å². The summed E-state index contributed by atoms with van der Waals surface area (Å²) < 4.78 is 0. The van der Waals surface area contributed by atoms with Crippen LogP contribution in [0.15, 0.2) is 24.3 Å². The molecule has 2 rings (SSSR count). The van der Waals surface area contributed by atoms with Crippen LogP contribution in [0.2, 0.25) is 5.02 Å². The highest BCUT2D eigenvalue weighted by molar-refractivity contribution is 6.30. The van der Waals surface area contributed by atoms with Crippen LogP contribution < -0.4 is 0 Å². The number of hydrogen-bond donors (Lipinski definition) is 0. The third kappa shape index (κ3) is 4.60. The normalized spacial score (nSPS) is 19.6. The van der Waals surface area contributed by atoms with E-state index in [4.69, 9.17) is 11.6 Å². The highest BCUT2D eigenvalue weighted by Gasteiger charge is 2.23. The highest BCUT2D eigenvalue weighted by atomic mass is 35.5. The molecular weight excluding hydrogens is 270 g/mol. The Hall–Kier alpha value is -0.860. The zero-order valence-corrected chi connectivity index (χ0v) is 13.2. The third-order valence-corrected chi connectivity index (χ3v) is 4.51. The smallest absolute Gasteiger partial charge is 0.164 e. The van der Waals surface area contributed by atoms with Crippen molar-refractivity contribution in [3.63, 3.8) is 0 Å². The average molecular weight is 294 g/mol. The van der Waals surface area contributed by atoms with Gasteiger partial charge in [0.25, 0.3) is 0 Å². The van der Waals surface area contributed by atoms with E-state index in [1.165, 1.54) is 19.3 Å². The number of carbonyl (C=O) groups is 1. The number of benzene rings is 1. The number of ketones is 1. The number of nitrogens with zero attached hydrogens (tertiary/aromatic N) is 1. The molecule has 3 heteroatoms. The zero-order valence-electron chi connectivity index (χ0n) is 12.5. The van der Waals surface area contributed by atoms with Gasteiger partial charge in [0.1, 0.15) is 0 Å². The standard InChI is InChI=1S/C17H24ClNO/c1-17(2)9-3-11-19(13-10-17)12-8-16(20)14-4-6-15(18)7-5-14/h4-7H,3,8-13H2,1-2H3. The molecule has 0 spiro atoms. The van der Waals surface area contributed by atoms with Crippen molar-refractivity contribution in [3.05, 3.63) is 34.9 Å². The van der Waals surface area contributed by atoms with Gasteiger partial charge in [0.15, 0.2) is 5.78 Å². The monoisotopic (exact) mass is 293 g/mol. The van der Waals surface area contributed by atoms with Crippen LogP contribution in [0.3, 0.4) is 0 Å². The molecule has 1 fully saturated rings. The summed E-state index contributed by atoms with van der Waals surface area (Å²) in [5.41, 5.74) is 1.22. The molecule has 0 aromatic heterocycles. The fourth-order valence-electron chi connectivity index (χ4n) is 2.74. The predicted molar refractivity (Wildman–Crippen MR) is 84.5 cm³/mol. The van der Waals surface area contributed by atoms with E-state index in [1.54, 1.807) is 12.1 Å². The van der Waals surface area contributed by atoms with Crippen molar-refractivity contribution in [2.45, 2.75) is 39.5 Å². The first-order valence-corrected chi connectivity index (χ1v) is 7.85. The molecule has 0 radical (unpaired) electrons. The summed E-state index contributed by atoms with van der Waals surface area (Å²) in [4.78, 5) is 14.6. The molecule has 0 saturated carbocycles. The Labute approximate surface area is 127 Å². The van der Waals surface area contributed by atoms with Crippen molar-refractivity contribution in [2.75, 3.05) is 19.6 Å². The molecule has 0 unspecified atom stereocenters. The second-order valence-corrected chi connectivity index (χ2v) is 6.98. The lowest BCUT2D eigenvalue weighted by molar-refractivity contribution is 0.0964. The second-order valence-electron chi connectivity index (χ2n) is 6.54. The van der Waals surface area contributed by atoms with Crippen LogP contribution in [0, 0.1) is 5.41 Å². The minimum absolute atomic E-state index is 0.213. The number of hydrogen-bond acceptors (Lipinski definition) is 2. The van der Waals surface area contributed by atoms with Crippen LogP contribution in [0.4, 0.5) is 0 Å². The van der Waals surface area contributed by atoms with E-state index in [-0.39, 0.29) is 5.78 Å². The Balaban J connectivity index is 1.83. The summed E-state index contributed by atoms with van der Waals surface area (Å²) in [7, 11) is 0. The SMILES string of the molecule is CC1(C)CCCN(CCC(=O)c2ccc(Cl)cc2)CC1. The number of likely N-dealkylation sites (tertiary alicyclic amines) is 1. The van der Waals surface area contributed by atoms with Gasteiger partial charge in [0, 0.05) is 23.6 Å². The molecule has 1 heterocycles. The molecular formula is C17H24ClNO. The average Bonchev–Trinajstić information content (AvgIpc) is 2.58. The highest BCUT2D eigenvalue weighted by Crippen LogP contribution is 2.29. The summed E-state index contributed by atoms with van der Waals surface area (Å²) >= 11 is 5.84.